The van der Waals surface area contributed by atoms with Crippen molar-refractivity contribution in [3.05, 3.63) is 23.5 Å². The van der Waals surface area contributed by atoms with E-state index in [1.165, 1.54) is 0 Å². The largest absolute Gasteiger partial charge is 0.417 e. The molecule has 0 saturated heterocycles. The maximum absolute atomic E-state index is 13.4. The van der Waals surface area contributed by atoms with E-state index in [1.807, 2.05) is 6.92 Å². The number of nitrogen functional groups attached to an aromatic ring is 1. The Morgan fingerprint density at radius 3 is 2.44 bits per heavy atom. The van der Waals surface area contributed by atoms with Gasteiger partial charge in [0.15, 0.2) is 0 Å². The summed E-state index contributed by atoms with van der Waals surface area (Å²) in [6.07, 6.45) is -3.90. The first-order valence-corrected chi connectivity index (χ1v) is 5.63. The van der Waals surface area contributed by atoms with Gasteiger partial charge in [-0.1, -0.05) is 6.92 Å². The van der Waals surface area contributed by atoms with Gasteiger partial charge in [-0.15, -0.1) is 11.8 Å². The molecule has 0 spiro atoms. The summed E-state index contributed by atoms with van der Waals surface area (Å²) < 4.78 is 51.2. The van der Waals surface area contributed by atoms with Crippen LogP contribution < -0.4 is 5.73 Å². The van der Waals surface area contributed by atoms with Gasteiger partial charge in [-0.3, -0.25) is 0 Å². The third kappa shape index (κ3) is 3.04. The molecule has 0 aliphatic heterocycles. The summed E-state index contributed by atoms with van der Waals surface area (Å²) in [7, 11) is 0. The summed E-state index contributed by atoms with van der Waals surface area (Å²) in [5.74, 6) is -0.477. The second kappa shape index (κ2) is 4.95. The van der Waals surface area contributed by atoms with Crippen molar-refractivity contribution in [3.8, 4) is 0 Å². The minimum Gasteiger partial charge on any atom is -0.399 e. The lowest BCUT2D eigenvalue weighted by Crippen LogP contribution is -2.09. The molecule has 0 amide bonds. The van der Waals surface area contributed by atoms with E-state index in [9.17, 15) is 17.6 Å². The predicted molar refractivity (Wildman–Crippen MR) is 56.8 cm³/mol. The van der Waals surface area contributed by atoms with Crippen LogP contribution in [0, 0.1) is 5.82 Å². The predicted octanol–water partition coefficient (Wildman–Crippen LogP) is 3.93. The van der Waals surface area contributed by atoms with E-state index in [4.69, 9.17) is 5.73 Å². The van der Waals surface area contributed by atoms with Gasteiger partial charge >= 0.3 is 6.18 Å². The Bertz CT molecular complexity index is 376. The maximum Gasteiger partial charge on any atom is 0.417 e. The molecule has 0 aliphatic rings. The monoisotopic (exact) mass is 253 g/mol. The lowest BCUT2D eigenvalue weighted by molar-refractivity contribution is -0.140. The molecule has 1 nitrogen and oxygen atoms in total. The fourth-order valence-electron chi connectivity index (χ4n) is 1.18. The minimum atomic E-state index is -4.58. The van der Waals surface area contributed by atoms with Crippen LogP contribution in [-0.2, 0) is 6.18 Å². The molecular formula is C10H11F4NS. The molecule has 0 heterocycles. The van der Waals surface area contributed by atoms with Crippen LogP contribution in [0.1, 0.15) is 18.9 Å². The highest BCUT2D eigenvalue weighted by atomic mass is 32.2. The van der Waals surface area contributed by atoms with E-state index in [0.29, 0.717) is 12.2 Å². The number of anilines is 1. The van der Waals surface area contributed by atoms with E-state index in [0.717, 1.165) is 23.9 Å². The van der Waals surface area contributed by atoms with Gasteiger partial charge in [0, 0.05) is 5.69 Å². The highest BCUT2D eigenvalue weighted by molar-refractivity contribution is 7.99. The van der Waals surface area contributed by atoms with Crippen molar-refractivity contribution in [2.24, 2.45) is 0 Å². The van der Waals surface area contributed by atoms with Gasteiger partial charge in [-0.05, 0) is 24.3 Å². The molecule has 0 radical (unpaired) electrons. The summed E-state index contributed by atoms with van der Waals surface area (Å²) in [5.41, 5.74) is 3.99. The number of hydrogen-bond acceptors (Lipinski definition) is 2. The van der Waals surface area contributed by atoms with Crippen molar-refractivity contribution in [3.63, 3.8) is 0 Å². The van der Waals surface area contributed by atoms with Gasteiger partial charge in [0.1, 0.15) is 5.82 Å². The fourth-order valence-corrected chi connectivity index (χ4v) is 2.11. The SMILES string of the molecule is CCCSc1c(F)cc(N)cc1C(F)(F)F. The summed E-state index contributed by atoms with van der Waals surface area (Å²) in [4.78, 5) is -0.372. The third-order valence-corrected chi connectivity index (χ3v) is 3.14. The Morgan fingerprint density at radius 2 is 1.94 bits per heavy atom. The smallest absolute Gasteiger partial charge is 0.399 e. The molecule has 0 bridgehead atoms. The minimum absolute atomic E-state index is 0.217. The van der Waals surface area contributed by atoms with Crippen molar-refractivity contribution in [2.45, 2.75) is 24.4 Å². The average molecular weight is 253 g/mol. The zero-order valence-electron chi connectivity index (χ0n) is 8.57. The molecule has 6 heteroatoms. The molecule has 0 unspecified atom stereocenters. The molecule has 90 valence electrons. The summed E-state index contributed by atoms with van der Waals surface area (Å²) in [5, 5.41) is 0. The Hall–Kier alpha value is -0.910. The standard InChI is InChI=1S/C10H11F4NS/c1-2-3-16-9-7(10(12,13)14)4-6(15)5-8(9)11/h4-5H,2-3,15H2,1H3. The quantitative estimate of drug-likeness (QED) is 0.502. The van der Waals surface area contributed by atoms with Gasteiger partial charge in [0.05, 0.1) is 10.5 Å². The Balaban J connectivity index is 3.21. The highest BCUT2D eigenvalue weighted by Crippen LogP contribution is 2.39. The van der Waals surface area contributed by atoms with Crippen molar-refractivity contribution in [2.75, 3.05) is 11.5 Å². The van der Waals surface area contributed by atoms with Gasteiger partial charge in [-0.2, -0.15) is 13.2 Å². The second-order valence-electron chi connectivity index (χ2n) is 3.23. The molecule has 1 aromatic rings. The van der Waals surface area contributed by atoms with Crippen LogP contribution >= 0.6 is 11.8 Å². The number of thioether (sulfide) groups is 1. The van der Waals surface area contributed by atoms with Gasteiger partial charge < -0.3 is 5.73 Å². The Labute approximate surface area is 95.0 Å². The van der Waals surface area contributed by atoms with Crippen LogP contribution in [0.3, 0.4) is 0 Å². The van der Waals surface area contributed by atoms with Gasteiger partial charge in [-0.25, -0.2) is 4.39 Å². The topological polar surface area (TPSA) is 26.0 Å². The Kier molecular flexibility index (Phi) is 4.07. The lowest BCUT2D eigenvalue weighted by atomic mass is 10.2. The first kappa shape index (κ1) is 13.2. The van der Waals surface area contributed by atoms with Crippen LogP contribution in [0.15, 0.2) is 17.0 Å². The molecular weight excluding hydrogens is 242 g/mol. The molecule has 2 N–H and O–H groups in total. The number of halogens is 4. The molecule has 0 atom stereocenters. The van der Waals surface area contributed by atoms with Crippen molar-refractivity contribution in [1.29, 1.82) is 0 Å². The number of rotatable bonds is 3. The van der Waals surface area contributed by atoms with E-state index < -0.39 is 17.6 Å². The van der Waals surface area contributed by atoms with Crippen molar-refractivity contribution < 1.29 is 17.6 Å². The molecule has 0 aliphatic carbocycles. The van der Waals surface area contributed by atoms with E-state index in [-0.39, 0.29) is 10.6 Å². The van der Waals surface area contributed by atoms with Crippen molar-refractivity contribution in [1.82, 2.24) is 0 Å². The van der Waals surface area contributed by atoms with Crippen LogP contribution in [0.5, 0.6) is 0 Å². The van der Waals surface area contributed by atoms with Crippen LogP contribution in [-0.4, -0.2) is 5.75 Å². The van der Waals surface area contributed by atoms with Crippen LogP contribution in [0.25, 0.3) is 0 Å². The second-order valence-corrected chi connectivity index (χ2v) is 4.33. The van der Waals surface area contributed by atoms with E-state index in [1.54, 1.807) is 0 Å². The number of nitrogens with two attached hydrogens (primary N) is 1. The highest BCUT2D eigenvalue weighted by Gasteiger charge is 2.35. The maximum atomic E-state index is 13.4. The molecule has 0 aromatic heterocycles. The summed E-state index contributed by atoms with van der Waals surface area (Å²) in [6, 6.07) is 1.67. The first-order valence-electron chi connectivity index (χ1n) is 4.65. The normalized spacial score (nSPS) is 11.8. The fraction of sp³-hybridized carbons (Fsp3) is 0.400. The summed E-state index contributed by atoms with van der Waals surface area (Å²) >= 11 is 0.859. The first-order chi connectivity index (χ1) is 7.36. The zero-order chi connectivity index (χ0) is 12.3. The third-order valence-electron chi connectivity index (χ3n) is 1.82. The van der Waals surface area contributed by atoms with Gasteiger partial charge in [0.2, 0.25) is 0 Å². The molecule has 0 saturated carbocycles. The lowest BCUT2D eigenvalue weighted by Gasteiger charge is -2.13. The molecule has 0 fully saturated rings. The molecule has 16 heavy (non-hydrogen) atoms. The van der Waals surface area contributed by atoms with Crippen molar-refractivity contribution >= 4 is 17.4 Å². The number of alkyl halides is 3. The zero-order valence-corrected chi connectivity index (χ0v) is 9.38. The average Bonchev–Trinajstić information content (AvgIpc) is 2.14. The summed E-state index contributed by atoms with van der Waals surface area (Å²) in [6.45, 7) is 1.81. The molecule has 1 rings (SSSR count). The van der Waals surface area contributed by atoms with E-state index in [2.05, 4.69) is 0 Å². The van der Waals surface area contributed by atoms with E-state index >= 15 is 0 Å². The number of benzene rings is 1. The van der Waals surface area contributed by atoms with Crippen LogP contribution in [0.4, 0.5) is 23.2 Å². The van der Waals surface area contributed by atoms with Gasteiger partial charge in [0.25, 0.3) is 0 Å². The number of hydrogen-bond donors (Lipinski definition) is 1. The Morgan fingerprint density at radius 1 is 1.31 bits per heavy atom. The van der Waals surface area contributed by atoms with Crippen LogP contribution in [0.2, 0.25) is 0 Å². The molecule has 1 aromatic carbocycles.